The van der Waals surface area contributed by atoms with Crippen molar-refractivity contribution >= 4 is 0 Å². The van der Waals surface area contributed by atoms with Gasteiger partial charge in [0.15, 0.2) is 0 Å². The van der Waals surface area contributed by atoms with Gasteiger partial charge in [-0.15, -0.1) is 0 Å². The summed E-state index contributed by atoms with van der Waals surface area (Å²) in [5, 5.41) is 11.4. The first kappa shape index (κ1) is 4.81. The third kappa shape index (κ3) is 0.667. The van der Waals surface area contributed by atoms with Crippen LogP contribution in [0.4, 0.5) is 0 Å². The summed E-state index contributed by atoms with van der Waals surface area (Å²) in [5.41, 5.74) is 1.11. The molecular weight excluding hydrogens is 90.1 g/mol. The minimum absolute atomic E-state index is 0.193. The third-order valence-corrected chi connectivity index (χ3v) is 1.25. The summed E-state index contributed by atoms with van der Waals surface area (Å²) in [6.07, 6.45) is 0. The molecule has 0 aromatic carbocycles. The van der Waals surface area contributed by atoms with Gasteiger partial charge in [0, 0.05) is 6.54 Å². The number of hydrogen-bond donors (Lipinski definition) is 2. The first-order valence-corrected chi connectivity index (χ1v) is 2.36. The van der Waals surface area contributed by atoms with E-state index < -0.39 is 0 Å². The van der Waals surface area contributed by atoms with Crippen molar-refractivity contribution in [2.24, 2.45) is 0 Å². The van der Waals surface area contributed by atoms with E-state index in [1.54, 1.807) is 0 Å². The van der Waals surface area contributed by atoms with E-state index in [4.69, 9.17) is 5.11 Å². The Balaban J connectivity index is 2.29. The van der Waals surface area contributed by atoms with E-state index in [9.17, 15) is 0 Å². The van der Waals surface area contributed by atoms with E-state index in [1.807, 2.05) is 0 Å². The first-order chi connectivity index (χ1) is 3.34. The fourth-order valence-electron chi connectivity index (χ4n) is 0.584. The summed E-state index contributed by atoms with van der Waals surface area (Å²) in [4.78, 5) is 0. The van der Waals surface area contributed by atoms with Crippen molar-refractivity contribution in [3.05, 3.63) is 12.2 Å². The highest BCUT2D eigenvalue weighted by Gasteiger charge is 2.18. The summed E-state index contributed by atoms with van der Waals surface area (Å²) < 4.78 is 0. The van der Waals surface area contributed by atoms with Crippen LogP contribution in [0.3, 0.4) is 0 Å². The first-order valence-electron chi connectivity index (χ1n) is 2.36. The van der Waals surface area contributed by atoms with Gasteiger partial charge in [0.2, 0.25) is 0 Å². The van der Waals surface area contributed by atoms with Gasteiger partial charge in [-0.3, -0.25) is 0 Å². The smallest absolute Gasteiger partial charge is 0.0623 e. The van der Waals surface area contributed by atoms with Crippen LogP contribution in [0, 0.1) is 0 Å². The van der Waals surface area contributed by atoms with Crippen molar-refractivity contribution in [1.82, 2.24) is 5.32 Å². The maximum Gasteiger partial charge on any atom is 0.0623 e. The van der Waals surface area contributed by atoms with Gasteiger partial charge in [-0.1, -0.05) is 6.58 Å². The standard InChI is InChI=1S/C5H9NO/c1-4-2-6-5(4)3-7/h5-7H,1-3H2. The molecule has 0 aliphatic carbocycles. The van der Waals surface area contributed by atoms with Gasteiger partial charge in [0.25, 0.3) is 0 Å². The third-order valence-electron chi connectivity index (χ3n) is 1.25. The molecule has 1 fully saturated rings. The Kier molecular flexibility index (Phi) is 1.13. The van der Waals surface area contributed by atoms with Gasteiger partial charge in [0.1, 0.15) is 0 Å². The van der Waals surface area contributed by atoms with Gasteiger partial charge in [-0.2, -0.15) is 0 Å². The molecule has 0 spiro atoms. The molecule has 0 radical (unpaired) electrons. The second kappa shape index (κ2) is 1.64. The van der Waals surface area contributed by atoms with Crippen LogP contribution >= 0.6 is 0 Å². The lowest BCUT2D eigenvalue weighted by Crippen LogP contribution is -2.47. The normalized spacial score (nSPS) is 29.9. The minimum Gasteiger partial charge on any atom is -0.394 e. The van der Waals surface area contributed by atoms with E-state index >= 15 is 0 Å². The molecule has 7 heavy (non-hydrogen) atoms. The second-order valence-corrected chi connectivity index (χ2v) is 1.77. The van der Waals surface area contributed by atoms with Crippen molar-refractivity contribution in [2.75, 3.05) is 13.2 Å². The Morgan fingerprint density at radius 2 is 2.71 bits per heavy atom. The molecular formula is C5H9NO. The molecule has 0 bridgehead atoms. The number of aliphatic hydroxyl groups is 1. The van der Waals surface area contributed by atoms with Crippen molar-refractivity contribution in [3.8, 4) is 0 Å². The zero-order valence-electron chi connectivity index (χ0n) is 4.15. The Hall–Kier alpha value is -0.340. The number of aliphatic hydroxyl groups excluding tert-OH is 1. The van der Waals surface area contributed by atoms with Crippen LogP contribution in [0.15, 0.2) is 12.2 Å². The molecule has 1 saturated heterocycles. The molecule has 1 aliphatic rings. The van der Waals surface area contributed by atoms with E-state index in [1.165, 1.54) is 0 Å². The summed E-state index contributed by atoms with van der Waals surface area (Å²) >= 11 is 0. The fraction of sp³-hybridized carbons (Fsp3) is 0.600. The SMILES string of the molecule is C=C1CNC1CO. The molecule has 1 unspecified atom stereocenters. The Labute approximate surface area is 42.8 Å². The Morgan fingerprint density at radius 1 is 2.00 bits per heavy atom. The van der Waals surface area contributed by atoms with Crippen molar-refractivity contribution in [3.63, 3.8) is 0 Å². The molecule has 1 rings (SSSR count). The number of rotatable bonds is 1. The lowest BCUT2D eigenvalue weighted by Gasteiger charge is -2.28. The van der Waals surface area contributed by atoms with E-state index in [0.717, 1.165) is 12.1 Å². The van der Waals surface area contributed by atoms with Crippen LogP contribution in [0.5, 0.6) is 0 Å². The molecule has 0 aromatic rings. The monoisotopic (exact) mass is 99.1 g/mol. The van der Waals surface area contributed by atoms with E-state index in [2.05, 4.69) is 11.9 Å². The van der Waals surface area contributed by atoms with Crippen molar-refractivity contribution in [1.29, 1.82) is 0 Å². The highest BCUT2D eigenvalue weighted by atomic mass is 16.3. The van der Waals surface area contributed by atoms with Gasteiger partial charge >= 0.3 is 0 Å². The summed E-state index contributed by atoms with van der Waals surface area (Å²) in [6.45, 7) is 4.76. The van der Waals surface area contributed by atoms with Crippen LogP contribution in [0.25, 0.3) is 0 Å². The van der Waals surface area contributed by atoms with Gasteiger partial charge in [0.05, 0.1) is 12.6 Å². The van der Waals surface area contributed by atoms with Gasteiger partial charge in [-0.25, -0.2) is 0 Å². The summed E-state index contributed by atoms with van der Waals surface area (Å²) in [7, 11) is 0. The Bertz CT molecular complexity index is 88.1. The van der Waals surface area contributed by atoms with Crippen molar-refractivity contribution < 1.29 is 5.11 Å². The van der Waals surface area contributed by atoms with Crippen LogP contribution in [0.2, 0.25) is 0 Å². The van der Waals surface area contributed by atoms with Gasteiger partial charge in [-0.05, 0) is 5.57 Å². The molecule has 0 amide bonds. The minimum atomic E-state index is 0.193. The quantitative estimate of drug-likeness (QED) is 0.435. The predicted octanol–water partition coefficient (Wildman–Crippen LogP) is -0.493. The maximum atomic E-state index is 8.43. The molecule has 40 valence electrons. The number of hydrogen-bond acceptors (Lipinski definition) is 2. The summed E-state index contributed by atoms with van der Waals surface area (Å²) in [6, 6.07) is 0.194. The average molecular weight is 99.1 g/mol. The molecule has 1 heterocycles. The molecule has 2 heteroatoms. The van der Waals surface area contributed by atoms with E-state index in [0.29, 0.717) is 0 Å². The second-order valence-electron chi connectivity index (χ2n) is 1.77. The molecule has 1 atom stereocenters. The number of nitrogens with one attached hydrogen (secondary N) is 1. The van der Waals surface area contributed by atoms with Crippen LogP contribution in [-0.4, -0.2) is 24.3 Å². The highest BCUT2D eigenvalue weighted by molar-refractivity contribution is 5.16. The zero-order valence-corrected chi connectivity index (χ0v) is 4.15. The zero-order chi connectivity index (χ0) is 5.28. The largest absolute Gasteiger partial charge is 0.394 e. The summed E-state index contributed by atoms with van der Waals surface area (Å²) in [5.74, 6) is 0. The fourth-order valence-corrected chi connectivity index (χ4v) is 0.584. The average Bonchev–Trinajstić information content (AvgIpc) is 1.65. The molecule has 1 aliphatic heterocycles. The topological polar surface area (TPSA) is 32.3 Å². The molecule has 0 aromatic heterocycles. The van der Waals surface area contributed by atoms with E-state index in [-0.39, 0.29) is 12.6 Å². The predicted molar refractivity (Wildman–Crippen MR) is 28.0 cm³/mol. The lowest BCUT2D eigenvalue weighted by atomic mass is 10.0. The molecule has 0 saturated carbocycles. The molecule has 2 N–H and O–H groups in total. The van der Waals surface area contributed by atoms with Crippen LogP contribution < -0.4 is 5.32 Å². The van der Waals surface area contributed by atoms with Crippen LogP contribution in [-0.2, 0) is 0 Å². The van der Waals surface area contributed by atoms with Crippen molar-refractivity contribution in [2.45, 2.75) is 6.04 Å². The lowest BCUT2D eigenvalue weighted by molar-refractivity contribution is 0.239. The highest BCUT2D eigenvalue weighted by Crippen LogP contribution is 2.06. The maximum absolute atomic E-state index is 8.43. The molecule has 2 nitrogen and oxygen atoms in total. The Morgan fingerprint density at radius 3 is 2.71 bits per heavy atom. The van der Waals surface area contributed by atoms with Crippen LogP contribution in [0.1, 0.15) is 0 Å². The van der Waals surface area contributed by atoms with Gasteiger partial charge < -0.3 is 10.4 Å².